The van der Waals surface area contributed by atoms with E-state index < -0.39 is 24.4 Å². The van der Waals surface area contributed by atoms with Crippen LogP contribution in [0.2, 0.25) is 0 Å². The van der Waals surface area contributed by atoms with E-state index in [1.807, 2.05) is 0 Å². The molecule has 5 heteroatoms. The van der Waals surface area contributed by atoms with Crippen molar-refractivity contribution >= 4 is 0 Å². The number of hydrogen-bond acceptors (Lipinski definition) is 5. The first-order valence-electron chi connectivity index (χ1n) is 9.55. The third-order valence-corrected chi connectivity index (χ3v) is 4.47. The summed E-state index contributed by atoms with van der Waals surface area (Å²) >= 11 is 0. The van der Waals surface area contributed by atoms with Crippen LogP contribution >= 0.6 is 0 Å². The van der Waals surface area contributed by atoms with E-state index in [4.69, 9.17) is 9.47 Å². The molecule has 1 heterocycles. The Hall–Kier alpha value is -0.460. The lowest BCUT2D eigenvalue weighted by Crippen LogP contribution is -2.42. The highest BCUT2D eigenvalue weighted by atomic mass is 16.6. The van der Waals surface area contributed by atoms with Crippen LogP contribution in [0.3, 0.4) is 0 Å². The van der Waals surface area contributed by atoms with Crippen LogP contribution in [0.4, 0.5) is 0 Å². The fraction of sp³-hybridized carbons (Fsp3) is 0.895. The topological polar surface area (TPSA) is 79.2 Å². The first-order valence-corrected chi connectivity index (χ1v) is 9.55. The molecule has 1 fully saturated rings. The summed E-state index contributed by atoms with van der Waals surface area (Å²) in [5.41, 5.74) is 0. The Balaban J connectivity index is 1.99. The number of rotatable bonds is 14. The van der Waals surface area contributed by atoms with Crippen molar-refractivity contribution in [3.05, 3.63) is 12.2 Å². The molecule has 142 valence electrons. The van der Waals surface area contributed by atoms with Crippen LogP contribution in [-0.2, 0) is 9.47 Å². The summed E-state index contributed by atoms with van der Waals surface area (Å²) in [6.07, 6.45) is 12.2. The number of hydrogen-bond donors (Lipinski definition) is 3. The Labute approximate surface area is 146 Å². The SMILES string of the molecule is CCCCCCC/C=C/CCCCO[C@@H](CO)[C@@H]1OC[C@@H](O)[C@@H]1O. The predicted octanol–water partition coefficient (Wildman–Crippen LogP) is 2.57. The van der Waals surface area contributed by atoms with Crippen LogP contribution in [-0.4, -0.2) is 59.6 Å². The van der Waals surface area contributed by atoms with Crippen molar-refractivity contribution in [2.75, 3.05) is 19.8 Å². The monoisotopic (exact) mass is 344 g/mol. The molecule has 0 radical (unpaired) electrons. The minimum atomic E-state index is -0.984. The lowest BCUT2D eigenvalue weighted by Gasteiger charge is -2.24. The summed E-state index contributed by atoms with van der Waals surface area (Å²) in [4.78, 5) is 0. The zero-order valence-corrected chi connectivity index (χ0v) is 15.1. The van der Waals surface area contributed by atoms with Crippen molar-refractivity contribution in [3.8, 4) is 0 Å². The van der Waals surface area contributed by atoms with Gasteiger partial charge in [0.1, 0.15) is 24.4 Å². The largest absolute Gasteiger partial charge is 0.394 e. The van der Waals surface area contributed by atoms with E-state index in [0.29, 0.717) is 6.61 Å². The maximum absolute atomic E-state index is 9.77. The van der Waals surface area contributed by atoms with E-state index in [-0.39, 0.29) is 13.2 Å². The van der Waals surface area contributed by atoms with Crippen LogP contribution in [0.1, 0.15) is 64.7 Å². The number of unbranched alkanes of at least 4 members (excludes halogenated alkanes) is 7. The molecule has 3 N–H and O–H groups in total. The summed E-state index contributed by atoms with van der Waals surface area (Å²) < 4.78 is 10.9. The molecule has 0 aliphatic carbocycles. The highest BCUT2D eigenvalue weighted by molar-refractivity contribution is 4.88. The maximum Gasteiger partial charge on any atom is 0.114 e. The van der Waals surface area contributed by atoms with Gasteiger partial charge in [0.2, 0.25) is 0 Å². The van der Waals surface area contributed by atoms with Crippen LogP contribution in [0, 0.1) is 0 Å². The van der Waals surface area contributed by atoms with Crippen molar-refractivity contribution in [2.24, 2.45) is 0 Å². The molecular formula is C19H36O5. The second-order valence-corrected chi connectivity index (χ2v) is 6.62. The number of ether oxygens (including phenoxy) is 2. The van der Waals surface area contributed by atoms with E-state index in [1.165, 1.54) is 38.5 Å². The normalized spacial score (nSPS) is 25.6. The molecule has 1 saturated heterocycles. The fourth-order valence-corrected chi connectivity index (χ4v) is 2.90. The van der Waals surface area contributed by atoms with Gasteiger partial charge in [0.25, 0.3) is 0 Å². The lowest BCUT2D eigenvalue weighted by atomic mass is 10.1. The second-order valence-electron chi connectivity index (χ2n) is 6.62. The van der Waals surface area contributed by atoms with Crippen molar-refractivity contribution in [3.63, 3.8) is 0 Å². The third-order valence-electron chi connectivity index (χ3n) is 4.47. The summed E-state index contributed by atoms with van der Waals surface area (Å²) in [6, 6.07) is 0. The Bertz CT molecular complexity index is 321. The highest BCUT2D eigenvalue weighted by Gasteiger charge is 2.40. The predicted molar refractivity (Wildman–Crippen MR) is 94.9 cm³/mol. The van der Waals surface area contributed by atoms with Crippen LogP contribution in [0.5, 0.6) is 0 Å². The molecule has 0 saturated carbocycles. The summed E-state index contributed by atoms with van der Waals surface area (Å²) in [5, 5.41) is 28.6. The summed E-state index contributed by atoms with van der Waals surface area (Å²) in [5.74, 6) is 0. The Morgan fingerprint density at radius 1 is 1.04 bits per heavy atom. The van der Waals surface area contributed by atoms with E-state index >= 15 is 0 Å². The third kappa shape index (κ3) is 8.58. The number of aliphatic hydroxyl groups is 3. The fourth-order valence-electron chi connectivity index (χ4n) is 2.90. The summed E-state index contributed by atoms with van der Waals surface area (Å²) in [6.45, 7) is 2.64. The minimum absolute atomic E-state index is 0.0922. The molecule has 1 aliphatic heterocycles. The standard InChI is InChI=1S/C19H36O5/c1-2-3-4-5-6-7-8-9-10-11-12-13-23-17(14-20)19-18(22)16(21)15-24-19/h8-9,16-22H,2-7,10-15H2,1H3/b9-8+/t16-,17+,18+,19+/m1/s1. The van der Waals surface area contributed by atoms with Crippen molar-refractivity contribution < 1.29 is 24.8 Å². The lowest BCUT2D eigenvalue weighted by molar-refractivity contribution is -0.101. The van der Waals surface area contributed by atoms with Gasteiger partial charge in [0.05, 0.1) is 13.2 Å². The molecule has 5 nitrogen and oxygen atoms in total. The van der Waals surface area contributed by atoms with E-state index in [2.05, 4.69) is 19.1 Å². The van der Waals surface area contributed by atoms with Gasteiger partial charge in [-0.05, 0) is 32.1 Å². The molecule has 0 amide bonds. The van der Waals surface area contributed by atoms with Gasteiger partial charge in [-0.2, -0.15) is 0 Å². The molecule has 1 aliphatic rings. The Morgan fingerprint density at radius 2 is 1.71 bits per heavy atom. The second kappa shape index (κ2) is 13.8. The van der Waals surface area contributed by atoms with Crippen molar-refractivity contribution in [1.82, 2.24) is 0 Å². The number of aliphatic hydroxyl groups excluding tert-OH is 3. The van der Waals surface area contributed by atoms with Gasteiger partial charge in [0, 0.05) is 6.61 Å². The molecule has 0 aromatic carbocycles. The zero-order valence-electron chi connectivity index (χ0n) is 15.1. The maximum atomic E-state index is 9.77. The van der Waals surface area contributed by atoms with Gasteiger partial charge >= 0.3 is 0 Å². The van der Waals surface area contributed by atoms with Gasteiger partial charge in [-0.25, -0.2) is 0 Å². The average Bonchev–Trinajstić information content (AvgIpc) is 2.92. The molecule has 4 atom stereocenters. The summed E-state index contributed by atoms with van der Waals surface area (Å²) in [7, 11) is 0. The van der Waals surface area contributed by atoms with Crippen molar-refractivity contribution in [1.29, 1.82) is 0 Å². The molecule has 1 rings (SSSR count). The van der Waals surface area contributed by atoms with Crippen LogP contribution in [0.25, 0.3) is 0 Å². The molecule has 0 aromatic rings. The zero-order chi connectivity index (χ0) is 17.6. The molecule has 0 unspecified atom stereocenters. The first-order chi connectivity index (χ1) is 11.7. The van der Waals surface area contributed by atoms with Gasteiger partial charge < -0.3 is 24.8 Å². The molecule has 0 spiro atoms. The van der Waals surface area contributed by atoms with Crippen LogP contribution in [0.15, 0.2) is 12.2 Å². The van der Waals surface area contributed by atoms with Gasteiger partial charge in [-0.3, -0.25) is 0 Å². The van der Waals surface area contributed by atoms with E-state index in [0.717, 1.165) is 19.3 Å². The average molecular weight is 344 g/mol. The Kier molecular flexibility index (Phi) is 12.4. The van der Waals surface area contributed by atoms with Gasteiger partial charge in [0.15, 0.2) is 0 Å². The highest BCUT2D eigenvalue weighted by Crippen LogP contribution is 2.19. The number of allylic oxidation sites excluding steroid dienone is 2. The van der Waals surface area contributed by atoms with Crippen LogP contribution < -0.4 is 0 Å². The van der Waals surface area contributed by atoms with Crippen molar-refractivity contribution in [2.45, 2.75) is 89.1 Å². The molecule has 0 aromatic heterocycles. The first kappa shape index (κ1) is 21.6. The van der Waals surface area contributed by atoms with Gasteiger partial charge in [-0.1, -0.05) is 44.8 Å². The Morgan fingerprint density at radius 3 is 2.29 bits per heavy atom. The van der Waals surface area contributed by atoms with E-state index in [1.54, 1.807) is 0 Å². The minimum Gasteiger partial charge on any atom is -0.394 e. The molecule has 0 bridgehead atoms. The van der Waals surface area contributed by atoms with E-state index in [9.17, 15) is 15.3 Å². The quantitative estimate of drug-likeness (QED) is 0.333. The van der Waals surface area contributed by atoms with Gasteiger partial charge in [-0.15, -0.1) is 0 Å². The molecule has 24 heavy (non-hydrogen) atoms. The smallest absolute Gasteiger partial charge is 0.114 e. The molecular weight excluding hydrogens is 308 g/mol.